The van der Waals surface area contributed by atoms with Gasteiger partial charge in [0.1, 0.15) is 29.2 Å². The molecule has 2 aliphatic heterocycles. The predicted molar refractivity (Wildman–Crippen MR) is 190 cm³/mol. The second-order valence-corrected chi connectivity index (χ2v) is 13.7. The number of anilines is 1. The van der Waals surface area contributed by atoms with Gasteiger partial charge in [-0.05, 0) is 85.0 Å². The number of hydrogen-bond donors (Lipinski definition) is 3. The van der Waals surface area contributed by atoms with E-state index in [0.717, 1.165) is 16.7 Å². The van der Waals surface area contributed by atoms with E-state index in [2.05, 4.69) is 16.7 Å². The van der Waals surface area contributed by atoms with Crippen molar-refractivity contribution in [3.63, 3.8) is 0 Å². The molecule has 4 aromatic carbocycles. The normalized spacial score (nSPS) is 16.9. The van der Waals surface area contributed by atoms with Gasteiger partial charge in [-0.2, -0.15) is 5.26 Å². The molecule has 6 rings (SSSR count). The molecule has 3 N–H and O–H groups in total. The summed E-state index contributed by atoms with van der Waals surface area (Å²) in [4.78, 5) is 55.0. The van der Waals surface area contributed by atoms with E-state index in [4.69, 9.17) is 19.5 Å². The first-order valence-electron chi connectivity index (χ1n) is 16.7. The van der Waals surface area contributed by atoms with Crippen LogP contribution < -0.4 is 15.4 Å². The van der Waals surface area contributed by atoms with E-state index in [0.29, 0.717) is 33.7 Å². The molecule has 0 aromatic heterocycles. The number of amides is 3. The average molecular weight is 703 g/mol. The maximum Gasteiger partial charge on any atom is 0.411 e. The first-order chi connectivity index (χ1) is 24.8. The smallest absolute Gasteiger partial charge is 0.411 e. The Morgan fingerprint density at radius 1 is 1.00 bits per heavy atom. The van der Waals surface area contributed by atoms with Crippen molar-refractivity contribution in [1.82, 2.24) is 10.2 Å². The van der Waals surface area contributed by atoms with E-state index < -0.39 is 47.7 Å². The number of ether oxygens (including phenoxy) is 3. The molecule has 266 valence electrons. The summed E-state index contributed by atoms with van der Waals surface area (Å²) in [5.74, 6) is -1.18. The number of methoxy groups -OCH3 is 1. The molecule has 0 radical (unpaired) electrons. The third kappa shape index (κ3) is 7.84. The Hall–Kier alpha value is -6.35. The van der Waals surface area contributed by atoms with Gasteiger partial charge in [0, 0.05) is 18.4 Å². The standard InChI is InChI=1S/C40H38N4O8/c1-40(2,3)52-39(49)44-22-29-20-34-31(42-37(47)35(51-34)27-13-15-30(45)16-14-27)18-28(29)19-33(44)36(46)43-32(38(48)50-4)17-23-5-9-25(10-6-23)26-11-7-24(21-41)8-12-26/h5-16,18,20,32-33,35,45H,17,19,22H2,1-4H3,(H,42,47)(H,43,46)/t32-,33?,35-/m0/s1. The third-order valence-corrected chi connectivity index (χ3v) is 8.84. The Kier molecular flexibility index (Phi) is 9.88. The third-order valence-electron chi connectivity index (χ3n) is 8.84. The van der Waals surface area contributed by atoms with Crippen LogP contribution in [-0.4, -0.2) is 58.7 Å². The second kappa shape index (κ2) is 14.5. The number of rotatable bonds is 7. The molecule has 2 aliphatic rings. The van der Waals surface area contributed by atoms with Crippen LogP contribution in [-0.2, 0) is 43.2 Å². The monoisotopic (exact) mass is 702 g/mol. The molecule has 52 heavy (non-hydrogen) atoms. The minimum absolute atomic E-state index is 0.00348. The number of aromatic hydroxyl groups is 1. The van der Waals surface area contributed by atoms with Crippen molar-refractivity contribution < 1.29 is 38.5 Å². The summed E-state index contributed by atoms with van der Waals surface area (Å²) in [5.41, 5.74) is 4.68. The van der Waals surface area contributed by atoms with Gasteiger partial charge in [0.05, 0.1) is 31.0 Å². The fourth-order valence-corrected chi connectivity index (χ4v) is 6.21. The quantitative estimate of drug-likeness (QED) is 0.209. The van der Waals surface area contributed by atoms with Gasteiger partial charge in [-0.1, -0.05) is 48.5 Å². The number of nitrogens with one attached hydrogen (secondary N) is 2. The molecule has 4 aromatic rings. The average Bonchev–Trinajstić information content (AvgIpc) is 3.12. The first-order valence-corrected chi connectivity index (χ1v) is 16.7. The molecule has 0 bridgehead atoms. The topological polar surface area (TPSA) is 167 Å². The summed E-state index contributed by atoms with van der Waals surface area (Å²) in [6.07, 6.45) is -1.48. The highest BCUT2D eigenvalue weighted by Gasteiger charge is 2.40. The van der Waals surface area contributed by atoms with Crippen LogP contribution in [0.25, 0.3) is 11.1 Å². The van der Waals surface area contributed by atoms with Gasteiger partial charge < -0.3 is 30.0 Å². The maximum absolute atomic E-state index is 14.1. The van der Waals surface area contributed by atoms with Gasteiger partial charge in [-0.3, -0.25) is 14.5 Å². The number of phenolic OH excluding ortho intramolecular Hbond substituents is 1. The van der Waals surface area contributed by atoms with Gasteiger partial charge in [0.15, 0.2) is 0 Å². The lowest BCUT2D eigenvalue weighted by Gasteiger charge is -2.38. The van der Waals surface area contributed by atoms with Crippen LogP contribution >= 0.6 is 0 Å². The van der Waals surface area contributed by atoms with E-state index in [1.165, 1.54) is 24.1 Å². The van der Waals surface area contributed by atoms with Gasteiger partial charge in [0.2, 0.25) is 12.0 Å². The highest BCUT2D eigenvalue weighted by molar-refractivity contribution is 5.99. The van der Waals surface area contributed by atoms with Gasteiger partial charge in [0.25, 0.3) is 5.91 Å². The molecular weight excluding hydrogens is 664 g/mol. The van der Waals surface area contributed by atoms with Crippen molar-refractivity contribution in [3.05, 3.63) is 113 Å². The summed E-state index contributed by atoms with van der Waals surface area (Å²) < 4.78 is 16.9. The Morgan fingerprint density at radius 2 is 1.65 bits per heavy atom. The van der Waals surface area contributed by atoms with Gasteiger partial charge in [-0.25, -0.2) is 9.59 Å². The van der Waals surface area contributed by atoms with Gasteiger partial charge >= 0.3 is 12.1 Å². The molecule has 0 saturated heterocycles. The van der Waals surface area contributed by atoms with E-state index in [-0.39, 0.29) is 25.1 Å². The molecule has 0 spiro atoms. The van der Waals surface area contributed by atoms with Gasteiger partial charge in [-0.15, -0.1) is 0 Å². The number of benzene rings is 4. The van der Waals surface area contributed by atoms with Crippen LogP contribution in [0.2, 0.25) is 0 Å². The lowest BCUT2D eigenvalue weighted by atomic mass is 9.91. The van der Waals surface area contributed by atoms with Crippen molar-refractivity contribution in [3.8, 4) is 28.7 Å². The van der Waals surface area contributed by atoms with E-state index >= 15 is 0 Å². The molecular formula is C40H38N4O8. The number of hydrogen-bond acceptors (Lipinski definition) is 9. The molecule has 1 unspecified atom stereocenters. The van der Waals surface area contributed by atoms with Crippen molar-refractivity contribution in [2.45, 2.75) is 63.9 Å². The fourth-order valence-electron chi connectivity index (χ4n) is 6.21. The molecule has 0 aliphatic carbocycles. The summed E-state index contributed by atoms with van der Waals surface area (Å²) in [6, 6.07) is 24.3. The van der Waals surface area contributed by atoms with E-state index in [1.54, 1.807) is 57.2 Å². The van der Waals surface area contributed by atoms with Crippen molar-refractivity contribution >= 4 is 29.6 Å². The predicted octanol–water partition coefficient (Wildman–Crippen LogP) is 5.57. The minimum Gasteiger partial charge on any atom is -0.508 e. The zero-order chi connectivity index (χ0) is 37.2. The number of carbonyl (C=O) groups is 4. The van der Waals surface area contributed by atoms with Crippen LogP contribution in [0.5, 0.6) is 11.5 Å². The second-order valence-electron chi connectivity index (χ2n) is 13.7. The van der Waals surface area contributed by atoms with Crippen molar-refractivity contribution in [1.29, 1.82) is 5.26 Å². The maximum atomic E-state index is 14.1. The molecule has 3 atom stereocenters. The first kappa shape index (κ1) is 35.5. The van der Waals surface area contributed by atoms with Crippen LogP contribution in [0.15, 0.2) is 84.9 Å². The van der Waals surface area contributed by atoms with Crippen molar-refractivity contribution in [2.75, 3.05) is 12.4 Å². The zero-order valence-electron chi connectivity index (χ0n) is 29.1. The fraction of sp³-hybridized carbons (Fsp3) is 0.275. The van der Waals surface area contributed by atoms with Crippen LogP contribution in [0.3, 0.4) is 0 Å². The Labute approximate surface area is 300 Å². The number of nitriles is 1. The Balaban J connectivity index is 1.24. The highest BCUT2D eigenvalue weighted by Crippen LogP contribution is 2.40. The number of esters is 1. The number of fused-ring (bicyclic) bond motifs is 2. The molecule has 0 fully saturated rings. The van der Waals surface area contributed by atoms with E-state index in [1.807, 2.05) is 36.4 Å². The van der Waals surface area contributed by atoms with Crippen LogP contribution in [0, 0.1) is 11.3 Å². The summed E-state index contributed by atoms with van der Waals surface area (Å²) in [5, 5.41) is 24.5. The lowest BCUT2D eigenvalue weighted by Crippen LogP contribution is -2.56. The molecule has 12 nitrogen and oxygen atoms in total. The molecule has 2 heterocycles. The Morgan fingerprint density at radius 3 is 2.27 bits per heavy atom. The lowest BCUT2D eigenvalue weighted by molar-refractivity contribution is -0.145. The molecule has 12 heteroatoms. The van der Waals surface area contributed by atoms with Crippen LogP contribution in [0.1, 0.15) is 54.7 Å². The number of phenols is 1. The number of carbonyl (C=O) groups excluding carboxylic acids is 4. The number of nitrogens with zero attached hydrogens (tertiary/aromatic N) is 2. The molecule has 0 saturated carbocycles. The van der Waals surface area contributed by atoms with E-state index in [9.17, 15) is 24.3 Å². The van der Waals surface area contributed by atoms with Crippen molar-refractivity contribution in [2.24, 2.45) is 0 Å². The SMILES string of the molecule is COC(=O)[C@H](Cc1ccc(-c2ccc(C#N)cc2)cc1)NC(=O)C1Cc2cc3c(cc2CN1C(=O)OC(C)(C)C)O[C@@H](c1ccc(O)cc1)C(=O)N3. The highest BCUT2D eigenvalue weighted by atomic mass is 16.6. The Bertz CT molecular complexity index is 2050. The summed E-state index contributed by atoms with van der Waals surface area (Å²) in [6.45, 7) is 5.19. The summed E-state index contributed by atoms with van der Waals surface area (Å²) in [7, 11) is 1.24. The largest absolute Gasteiger partial charge is 0.508 e. The molecule has 3 amide bonds. The van der Waals surface area contributed by atoms with Crippen LogP contribution in [0.4, 0.5) is 10.5 Å². The minimum atomic E-state index is -1.06. The summed E-state index contributed by atoms with van der Waals surface area (Å²) >= 11 is 0. The zero-order valence-corrected chi connectivity index (χ0v) is 29.1.